The molecule has 0 aliphatic carbocycles. The smallest absolute Gasteiger partial charge is 0.263 e. The molecule has 1 heterocycles. The number of carbonyl (C=O) groups excluding carboxylic acids is 1. The van der Waals surface area contributed by atoms with Crippen LogP contribution in [0.15, 0.2) is 54.7 Å². The van der Waals surface area contributed by atoms with E-state index in [1.54, 1.807) is 24.4 Å². The number of aromatic nitrogens is 1. The van der Waals surface area contributed by atoms with Crippen LogP contribution in [0.25, 0.3) is 10.6 Å². The Morgan fingerprint density at radius 1 is 1.17 bits per heavy atom. The van der Waals surface area contributed by atoms with E-state index in [1.165, 1.54) is 23.5 Å². The van der Waals surface area contributed by atoms with Crippen molar-refractivity contribution in [3.05, 3.63) is 76.0 Å². The van der Waals surface area contributed by atoms with E-state index in [4.69, 9.17) is 11.6 Å². The van der Waals surface area contributed by atoms with Crippen LogP contribution in [0.3, 0.4) is 0 Å². The molecule has 0 aliphatic rings. The maximum absolute atomic E-state index is 12.8. The summed E-state index contributed by atoms with van der Waals surface area (Å²) in [5, 5.41) is 4.17. The second-order valence-electron chi connectivity index (χ2n) is 5.14. The van der Waals surface area contributed by atoms with Gasteiger partial charge >= 0.3 is 0 Å². The van der Waals surface area contributed by atoms with Crippen LogP contribution >= 0.6 is 22.9 Å². The number of amides is 1. The van der Waals surface area contributed by atoms with Crippen molar-refractivity contribution in [1.29, 1.82) is 0 Å². The van der Waals surface area contributed by atoms with Gasteiger partial charge in [-0.2, -0.15) is 0 Å². The van der Waals surface area contributed by atoms with Gasteiger partial charge in [-0.3, -0.25) is 4.79 Å². The lowest BCUT2D eigenvalue weighted by Gasteiger charge is -2.03. The lowest BCUT2D eigenvalue weighted by atomic mass is 10.1. The Labute approximate surface area is 148 Å². The number of nitrogens with one attached hydrogen (secondary N) is 1. The predicted molar refractivity (Wildman–Crippen MR) is 95.0 cm³/mol. The third kappa shape index (κ3) is 3.99. The van der Waals surface area contributed by atoms with Crippen molar-refractivity contribution >= 4 is 28.8 Å². The molecular weight excluding hydrogens is 347 g/mol. The number of carbonyl (C=O) groups is 1. The van der Waals surface area contributed by atoms with Gasteiger partial charge in [0.1, 0.15) is 15.7 Å². The van der Waals surface area contributed by atoms with Gasteiger partial charge < -0.3 is 5.32 Å². The highest BCUT2D eigenvalue weighted by molar-refractivity contribution is 7.17. The zero-order chi connectivity index (χ0) is 16.9. The fourth-order valence-corrected chi connectivity index (χ4v) is 3.35. The van der Waals surface area contributed by atoms with Crippen molar-refractivity contribution in [2.75, 3.05) is 6.54 Å². The highest BCUT2D eigenvalue weighted by Gasteiger charge is 2.13. The first-order valence-electron chi connectivity index (χ1n) is 7.37. The first kappa shape index (κ1) is 16.6. The van der Waals surface area contributed by atoms with E-state index < -0.39 is 0 Å². The molecule has 0 bridgehead atoms. The third-order valence-electron chi connectivity index (χ3n) is 3.45. The van der Waals surface area contributed by atoms with Crippen molar-refractivity contribution in [2.24, 2.45) is 0 Å². The summed E-state index contributed by atoms with van der Waals surface area (Å²) in [5.41, 5.74) is 1.78. The minimum atomic E-state index is -0.264. The largest absolute Gasteiger partial charge is 0.351 e. The summed E-state index contributed by atoms with van der Waals surface area (Å²) >= 11 is 7.45. The van der Waals surface area contributed by atoms with E-state index in [9.17, 15) is 9.18 Å². The van der Waals surface area contributed by atoms with Crippen LogP contribution in [-0.4, -0.2) is 17.4 Å². The van der Waals surface area contributed by atoms with E-state index in [-0.39, 0.29) is 11.7 Å². The molecule has 1 N–H and O–H groups in total. The van der Waals surface area contributed by atoms with Crippen molar-refractivity contribution < 1.29 is 9.18 Å². The van der Waals surface area contributed by atoms with Crippen LogP contribution in [0.4, 0.5) is 4.39 Å². The summed E-state index contributed by atoms with van der Waals surface area (Å²) in [7, 11) is 0. The van der Waals surface area contributed by atoms with Crippen molar-refractivity contribution in [2.45, 2.75) is 6.42 Å². The Kier molecular flexibility index (Phi) is 5.23. The van der Waals surface area contributed by atoms with Gasteiger partial charge in [-0.05, 0) is 30.2 Å². The van der Waals surface area contributed by atoms with Crippen LogP contribution in [0.2, 0.25) is 5.02 Å². The van der Waals surface area contributed by atoms with E-state index in [0.717, 1.165) is 11.1 Å². The highest BCUT2D eigenvalue weighted by Crippen LogP contribution is 2.30. The number of thiazole rings is 1. The van der Waals surface area contributed by atoms with Crippen molar-refractivity contribution in [3.63, 3.8) is 0 Å². The fourth-order valence-electron chi connectivity index (χ4n) is 2.20. The second-order valence-corrected chi connectivity index (χ2v) is 6.58. The number of halogens is 2. The maximum atomic E-state index is 12.8. The van der Waals surface area contributed by atoms with E-state index in [1.807, 2.05) is 18.2 Å². The summed E-state index contributed by atoms with van der Waals surface area (Å²) in [6.45, 7) is 0.476. The summed E-state index contributed by atoms with van der Waals surface area (Å²) in [5.74, 6) is -0.438. The fraction of sp³-hybridized carbons (Fsp3) is 0.111. The topological polar surface area (TPSA) is 42.0 Å². The molecule has 0 radical (unpaired) electrons. The van der Waals surface area contributed by atoms with Crippen molar-refractivity contribution in [3.8, 4) is 10.6 Å². The molecule has 2 aromatic carbocycles. The highest BCUT2D eigenvalue weighted by atomic mass is 35.5. The number of rotatable bonds is 5. The van der Waals surface area contributed by atoms with Crippen molar-refractivity contribution in [1.82, 2.24) is 10.3 Å². The lowest BCUT2D eigenvalue weighted by Crippen LogP contribution is -2.24. The monoisotopic (exact) mass is 360 g/mol. The zero-order valence-corrected chi connectivity index (χ0v) is 14.2. The molecule has 1 aromatic heterocycles. The Hall–Kier alpha value is -2.24. The summed E-state index contributed by atoms with van der Waals surface area (Å²) in [6, 6.07) is 13.6. The van der Waals surface area contributed by atoms with Crippen LogP contribution in [0.5, 0.6) is 0 Å². The van der Waals surface area contributed by atoms with Gasteiger partial charge in [-0.15, -0.1) is 11.3 Å². The third-order valence-corrected chi connectivity index (χ3v) is 4.81. The number of nitrogens with zero attached hydrogens (tertiary/aromatic N) is 1. The van der Waals surface area contributed by atoms with Gasteiger partial charge in [0.25, 0.3) is 5.91 Å². The Bertz CT molecular complexity index is 848. The molecule has 0 atom stereocenters. The van der Waals surface area contributed by atoms with Crippen LogP contribution in [-0.2, 0) is 6.42 Å². The quantitative estimate of drug-likeness (QED) is 0.723. The first-order chi connectivity index (χ1) is 11.6. The number of benzene rings is 2. The molecule has 0 saturated heterocycles. The average molecular weight is 361 g/mol. The molecule has 6 heteroatoms. The molecular formula is C18H14ClFN2OS. The normalized spacial score (nSPS) is 10.6. The molecule has 0 fully saturated rings. The van der Waals surface area contributed by atoms with E-state index in [2.05, 4.69) is 10.3 Å². The van der Waals surface area contributed by atoms with Gasteiger partial charge in [-0.1, -0.05) is 41.9 Å². The van der Waals surface area contributed by atoms with Gasteiger partial charge in [0.2, 0.25) is 0 Å². The second kappa shape index (κ2) is 7.55. The molecule has 3 rings (SSSR count). The van der Waals surface area contributed by atoms with E-state index >= 15 is 0 Å². The Balaban J connectivity index is 1.60. The molecule has 24 heavy (non-hydrogen) atoms. The van der Waals surface area contributed by atoms with Crippen LogP contribution < -0.4 is 5.32 Å². The Morgan fingerprint density at radius 2 is 1.92 bits per heavy atom. The SMILES string of the molecule is O=C(NCCc1ccc(F)cc1)c1cnc(-c2ccccc2Cl)s1. The predicted octanol–water partition coefficient (Wildman–Crippen LogP) is 4.58. The van der Waals surface area contributed by atoms with E-state index in [0.29, 0.717) is 27.9 Å². The molecule has 0 unspecified atom stereocenters. The van der Waals surface area contributed by atoms with Gasteiger partial charge in [0.15, 0.2) is 0 Å². The Morgan fingerprint density at radius 3 is 2.67 bits per heavy atom. The molecule has 1 amide bonds. The molecule has 122 valence electrons. The number of hydrogen-bond acceptors (Lipinski definition) is 3. The lowest BCUT2D eigenvalue weighted by molar-refractivity contribution is 0.0958. The number of hydrogen-bond donors (Lipinski definition) is 1. The summed E-state index contributed by atoms with van der Waals surface area (Å²) < 4.78 is 12.8. The molecule has 3 aromatic rings. The average Bonchev–Trinajstić information content (AvgIpc) is 3.07. The minimum Gasteiger partial charge on any atom is -0.351 e. The molecule has 0 aliphatic heterocycles. The van der Waals surface area contributed by atoms with Gasteiger partial charge in [0, 0.05) is 12.1 Å². The minimum absolute atomic E-state index is 0.173. The first-order valence-corrected chi connectivity index (χ1v) is 8.56. The van der Waals surface area contributed by atoms with Gasteiger partial charge in [-0.25, -0.2) is 9.37 Å². The standard InChI is InChI=1S/C18H14ClFN2OS/c19-15-4-2-1-3-14(15)18-22-11-16(24-18)17(23)21-10-9-12-5-7-13(20)8-6-12/h1-8,11H,9-10H2,(H,21,23). The van der Waals surface area contributed by atoms with Crippen LogP contribution in [0, 0.1) is 5.82 Å². The van der Waals surface area contributed by atoms with Gasteiger partial charge in [0.05, 0.1) is 11.2 Å². The maximum Gasteiger partial charge on any atom is 0.263 e. The molecule has 3 nitrogen and oxygen atoms in total. The molecule has 0 saturated carbocycles. The summed E-state index contributed by atoms with van der Waals surface area (Å²) in [6.07, 6.45) is 2.19. The summed E-state index contributed by atoms with van der Waals surface area (Å²) in [4.78, 5) is 17.0. The molecule has 0 spiro atoms. The zero-order valence-electron chi connectivity index (χ0n) is 12.6. The van der Waals surface area contributed by atoms with Crippen LogP contribution in [0.1, 0.15) is 15.2 Å².